The Hall–Kier alpha value is -5.12. The summed E-state index contributed by atoms with van der Waals surface area (Å²) in [7, 11) is 0. The van der Waals surface area contributed by atoms with E-state index >= 15 is 0 Å². The molecule has 184 valence electrons. The number of aromatic nitrogens is 4. The average Bonchev–Trinajstić information content (AvgIpc) is 3.42. The molecule has 0 atom stereocenters. The van der Waals surface area contributed by atoms with Crippen LogP contribution in [-0.4, -0.2) is 31.7 Å². The highest BCUT2D eigenvalue weighted by molar-refractivity contribution is 6.05. The fraction of sp³-hybridized carbons (Fsp3) is 0.111. The van der Waals surface area contributed by atoms with Crippen LogP contribution in [0.15, 0.2) is 94.2 Å². The number of aryl methyl sites for hydroxylation is 1. The summed E-state index contributed by atoms with van der Waals surface area (Å²) < 4.78 is 6.46. The Kier molecular flexibility index (Phi) is 6.80. The zero-order valence-corrected chi connectivity index (χ0v) is 19.6. The van der Waals surface area contributed by atoms with E-state index in [1.807, 2.05) is 60.7 Å². The Morgan fingerprint density at radius 2 is 1.51 bits per heavy atom. The molecule has 0 saturated heterocycles. The number of benzene rings is 3. The van der Waals surface area contributed by atoms with E-state index in [-0.39, 0.29) is 30.6 Å². The molecular weight excluding hydrogens is 472 g/mol. The van der Waals surface area contributed by atoms with Gasteiger partial charge >= 0.3 is 0 Å². The highest BCUT2D eigenvalue weighted by Crippen LogP contribution is 2.16. The Balaban J connectivity index is 1.25. The van der Waals surface area contributed by atoms with E-state index in [1.54, 1.807) is 24.3 Å². The number of hydrogen-bond acceptors (Lipinski definition) is 7. The van der Waals surface area contributed by atoms with Crippen molar-refractivity contribution >= 4 is 22.6 Å². The minimum atomic E-state index is -0.643. The van der Waals surface area contributed by atoms with Crippen molar-refractivity contribution in [1.82, 2.24) is 30.8 Å². The van der Waals surface area contributed by atoms with Crippen molar-refractivity contribution in [3.63, 3.8) is 0 Å². The van der Waals surface area contributed by atoms with E-state index in [1.165, 1.54) is 4.68 Å². The molecule has 5 rings (SSSR count). The van der Waals surface area contributed by atoms with Crippen molar-refractivity contribution in [2.75, 3.05) is 0 Å². The standard InChI is InChI=1S/C27H22N6O4/c34-22(15-16-23-28-25(32-37-23)19-11-5-2-6-12-19)29-30-26(35)24-20-13-7-8-14-21(20)27(36)33(31-24)17-18-9-3-1-4-10-18/h1-14H,15-17H2,(H,29,34)(H,30,35). The molecule has 0 fully saturated rings. The summed E-state index contributed by atoms with van der Waals surface area (Å²) in [4.78, 5) is 42.6. The predicted molar refractivity (Wildman–Crippen MR) is 135 cm³/mol. The number of carbonyl (C=O) groups is 2. The monoisotopic (exact) mass is 494 g/mol. The number of hydrazine groups is 1. The molecular formula is C27H22N6O4. The predicted octanol–water partition coefficient (Wildman–Crippen LogP) is 2.89. The second-order valence-electron chi connectivity index (χ2n) is 8.22. The highest BCUT2D eigenvalue weighted by atomic mass is 16.5. The van der Waals surface area contributed by atoms with Gasteiger partial charge < -0.3 is 4.52 Å². The first-order chi connectivity index (χ1) is 18.1. The molecule has 0 aliphatic heterocycles. The van der Waals surface area contributed by atoms with Crippen LogP contribution < -0.4 is 16.4 Å². The maximum absolute atomic E-state index is 13.0. The number of carbonyl (C=O) groups excluding carboxylic acids is 2. The molecule has 5 aromatic rings. The molecule has 10 heteroatoms. The molecule has 0 aliphatic carbocycles. The first-order valence-corrected chi connectivity index (χ1v) is 11.6. The Morgan fingerprint density at radius 1 is 0.838 bits per heavy atom. The van der Waals surface area contributed by atoms with E-state index in [4.69, 9.17) is 4.52 Å². The number of rotatable bonds is 7. The molecule has 0 saturated carbocycles. The van der Waals surface area contributed by atoms with E-state index < -0.39 is 11.8 Å². The van der Waals surface area contributed by atoms with Gasteiger partial charge in [0.1, 0.15) is 0 Å². The van der Waals surface area contributed by atoms with Gasteiger partial charge in [-0.2, -0.15) is 10.1 Å². The van der Waals surface area contributed by atoms with Crippen LogP contribution >= 0.6 is 0 Å². The van der Waals surface area contributed by atoms with Gasteiger partial charge in [0.05, 0.1) is 11.9 Å². The van der Waals surface area contributed by atoms with E-state index in [0.717, 1.165) is 11.1 Å². The number of fused-ring (bicyclic) bond motifs is 1. The quantitative estimate of drug-likeness (QED) is 0.333. The number of hydrogen-bond donors (Lipinski definition) is 2. The van der Waals surface area contributed by atoms with Crippen LogP contribution in [0.4, 0.5) is 0 Å². The summed E-state index contributed by atoms with van der Waals surface area (Å²) in [6.45, 7) is 0.201. The van der Waals surface area contributed by atoms with Gasteiger partial charge in [0.15, 0.2) is 5.69 Å². The van der Waals surface area contributed by atoms with Gasteiger partial charge in [-0.25, -0.2) is 4.68 Å². The normalized spacial score (nSPS) is 10.8. The SMILES string of the molecule is O=C(CCc1nc(-c2ccccc2)no1)NNC(=O)c1nn(Cc2ccccc2)c(=O)c2ccccc12. The first-order valence-electron chi connectivity index (χ1n) is 11.6. The number of amides is 2. The highest BCUT2D eigenvalue weighted by Gasteiger charge is 2.18. The number of nitrogens with zero attached hydrogens (tertiary/aromatic N) is 4. The van der Waals surface area contributed by atoms with Gasteiger partial charge in [-0.15, -0.1) is 0 Å². The van der Waals surface area contributed by atoms with Crippen LogP contribution in [-0.2, 0) is 17.8 Å². The third kappa shape index (κ3) is 5.43. The lowest BCUT2D eigenvalue weighted by Crippen LogP contribution is -2.43. The second-order valence-corrected chi connectivity index (χ2v) is 8.22. The van der Waals surface area contributed by atoms with E-state index in [2.05, 4.69) is 26.1 Å². The zero-order valence-electron chi connectivity index (χ0n) is 19.6. The molecule has 3 aromatic carbocycles. The maximum atomic E-state index is 13.0. The van der Waals surface area contributed by atoms with E-state index in [9.17, 15) is 14.4 Å². The number of nitrogens with one attached hydrogen (secondary N) is 2. The van der Waals surface area contributed by atoms with Gasteiger partial charge in [0.2, 0.25) is 17.6 Å². The van der Waals surface area contributed by atoms with Crippen LogP contribution in [0, 0.1) is 0 Å². The fourth-order valence-corrected chi connectivity index (χ4v) is 3.80. The summed E-state index contributed by atoms with van der Waals surface area (Å²) in [5, 5.41) is 8.98. The van der Waals surface area contributed by atoms with Crippen molar-refractivity contribution in [2.24, 2.45) is 0 Å². The van der Waals surface area contributed by atoms with Crippen molar-refractivity contribution in [2.45, 2.75) is 19.4 Å². The second kappa shape index (κ2) is 10.6. The van der Waals surface area contributed by atoms with E-state index in [0.29, 0.717) is 22.5 Å². The lowest BCUT2D eigenvalue weighted by molar-refractivity contribution is -0.121. The Bertz CT molecular complexity index is 1610. The van der Waals surface area contributed by atoms with Gasteiger partial charge in [0, 0.05) is 23.8 Å². The maximum Gasteiger partial charge on any atom is 0.290 e. The molecule has 37 heavy (non-hydrogen) atoms. The molecule has 0 radical (unpaired) electrons. The molecule has 2 N–H and O–H groups in total. The fourth-order valence-electron chi connectivity index (χ4n) is 3.80. The van der Waals surface area contributed by atoms with Gasteiger partial charge in [-0.1, -0.05) is 84.0 Å². The summed E-state index contributed by atoms with van der Waals surface area (Å²) in [5.41, 5.74) is 6.15. The summed E-state index contributed by atoms with van der Waals surface area (Å²) in [6.07, 6.45) is 0.211. The van der Waals surface area contributed by atoms with Crippen LogP contribution in [0.25, 0.3) is 22.2 Å². The van der Waals surface area contributed by atoms with Crippen LogP contribution in [0.5, 0.6) is 0 Å². The van der Waals surface area contributed by atoms with Crippen LogP contribution in [0.3, 0.4) is 0 Å². The average molecular weight is 495 g/mol. The summed E-state index contributed by atoms with van der Waals surface area (Å²) in [6, 6.07) is 25.4. The lowest BCUT2D eigenvalue weighted by atomic mass is 10.1. The summed E-state index contributed by atoms with van der Waals surface area (Å²) >= 11 is 0. The van der Waals surface area contributed by atoms with Crippen molar-refractivity contribution in [1.29, 1.82) is 0 Å². The first kappa shape index (κ1) is 23.6. The summed E-state index contributed by atoms with van der Waals surface area (Å²) in [5.74, 6) is -0.348. The minimum absolute atomic E-state index is 0.0123. The molecule has 10 nitrogen and oxygen atoms in total. The topological polar surface area (TPSA) is 132 Å². The molecule has 2 amide bonds. The molecule has 2 heterocycles. The smallest absolute Gasteiger partial charge is 0.290 e. The third-order valence-electron chi connectivity index (χ3n) is 5.64. The van der Waals surface area contributed by atoms with Gasteiger partial charge in [-0.3, -0.25) is 25.2 Å². The van der Waals surface area contributed by atoms with Crippen molar-refractivity contribution in [3.05, 3.63) is 112 Å². The molecule has 0 bridgehead atoms. The molecule has 0 unspecified atom stereocenters. The van der Waals surface area contributed by atoms with Crippen LogP contribution in [0.1, 0.15) is 28.4 Å². The van der Waals surface area contributed by atoms with Crippen molar-refractivity contribution in [3.8, 4) is 11.4 Å². The Labute approximate surface area is 210 Å². The molecule has 2 aromatic heterocycles. The molecule has 0 spiro atoms. The Morgan fingerprint density at radius 3 is 2.27 bits per heavy atom. The van der Waals surface area contributed by atoms with Gasteiger partial charge in [0.25, 0.3) is 11.5 Å². The minimum Gasteiger partial charge on any atom is -0.339 e. The molecule has 0 aliphatic rings. The van der Waals surface area contributed by atoms with Gasteiger partial charge in [-0.05, 0) is 11.6 Å². The van der Waals surface area contributed by atoms with Crippen LogP contribution in [0.2, 0.25) is 0 Å². The zero-order chi connectivity index (χ0) is 25.6. The third-order valence-corrected chi connectivity index (χ3v) is 5.64. The lowest BCUT2D eigenvalue weighted by Gasteiger charge is -2.12. The largest absolute Gasteiger partial charge is 0.339 e. The van der Waals surface area contributed by atoms with Crippen molar-refractivity contribution < 1.29 is 14.1 Å².